The molecule has 6 heteroatoms. The van der Waals surface area contributed by atoms with Crippen molar-refractivity contribution in [3.8, 4) is 0 Å². The number of hydrogen-bond acceptors (Lipinski definition) is 2. The lowest BCUT2D eigenvalue weighted by atomic mass is 9.79. The van der Waals surface area contributed by atoms with Gasteiger partial charge in [-0.05, 0) is 37.1 Å². The lowest BCUT2D eigenvalue weighted by Gasteiger charge is -2.44. The smallest absolute Gasteiger partial charge is 0.287 e. The zero-order chi connectivity index (χ0) is 21.5. The SMILES string of the molecule is O=C(Nc1ccc(F)cc1)[C@H]([NH2+]CC1([NH+]2CCOCC2)CCCCC1)c1ccccc1. The van der Waals surface area contributed by atoms with E-state index in [2.05, 4.69) is 10.6 Å². The first-order valence-electron chi connectivity index (χ1n) is 11.5. The molecule has 0 spiro atoms. The molecule has 1 saturated heterocycles. The summed E-state index contributed by atoms with van der Waals surface area (Å²) in [5, 5.41) is 5.21. The van der Waals surface area contributed by atoms with Crippen molar-refractivity contribution < 1.29 is 24.1 Å². The molecule has 0 aromatic heterocycles. The van der Waals surface area contributed by atoms with Crippen molar-refractivity contribution in [3.63, 3.8) is 0 Å². The first kappa shape index (κ1) is 21.9. The Morgan fingerprint density at radius 1 is 1.03 bits per heavy atom. The van der Waals surface area contributed by atoms with E-state index in [9.17, 15) is 9.18 Å². The van der Waals surface area contributed by atoms with Crippen LogP contribution in [-0.2, 0) is 9.53 Å². The number of anilines is 1. The van der Waals surface area contributed by atoms with Crippen LogP contribution in [0.5, 0.6) is 0 Å². The fourth-order valence-electron chi connectivity index (χ4n) is 5.23. The Kier molecular flexibility index (Phi) is 7.33. The Labute approximate surface area is 184 Å². The van der Waals surface area contributed by atoms with Crippen LogP contribution in [0.4, 0.5) is 10.1 Å². The van der Waals surface area contributed by atoms with Crippen molar-refractivity contribution >= 4 is 11.6 Å². The molecule has 4 N–H and O–H groups in total. The van der Waals surface area contributed by atoms with Gasteiger partial charge in [-0.25, -0.2) is 4.39 Å². The van der Waals surface area contributed by atoms with Crippen LogP contribution >= 0.6 is 0 Å². The molecule has 1 amide bonds. The van der Waals surface area contributed by atoms with Gasteiger partial charge in [-0.2, -0.15) is 0 Å². The van der Waals surface area contributed by atoms with Crippen LogP contribution in [-0.4, -0.2) is 44.3 Å². The maximum absolute atomic E-state index is 13.3. The van der Waals surface area contributed by atoms with Crippen LogP contribution in [0, 0.1) is 5.82 Å². The number of nitrogens with two attached hydrogens (primary N) is 1. The monoisotopic (exact) mass is 427 g/mol. The molecule has 2 aromatic rings. The third-order valence-electron chi connectivity index (χ3n) is 6.95. The van der Waals surface area contributed by atoms with E-state index < -0.39 is 0 Å². The number of ether oxygens (including phenoxy) is 1. The number of carbonyl (C=O) groups excluding carboxylic acids is 1. The third-order valence-corrected chi connectivity index (χ3v) is 6.95. The summed E-state index contributed by atoms with van der Waals surface area (Å²) in [6.07, 6.45) is 6.24. The second kappa shape index (κ2) is 10.4. The Bertz CT molecular complexity index is 832. The van der Waals surface area contributed by atoms with Crippen LogP contribution in [0.3, 0.4) is 0 Å². The minimum Gasteiger partial charge on any atom is -0.370 e. The molecule has 2 aliphatic rings. The highest BCUT2D eigenvalue weighted by molar-refractivity contribution is 5.94. The Morgan fingerprint density at radius 2 is 1.71 bits per heavy atom. The molecule has 4 rings (SSSR count). The highest BCUT2D eigenvalue weighted by atomic mass is 19.1. The Morgan fingerprint density at radius 3 is 2.39 bits per heavy atom. The largest absolute Gasteiger partial charge is 0.370 e. The van der Waals surface area contributed by atoms with Crippen molar-refractivity contribution in [2.75, 3.05) is 38.2 Å². The number of nitrogens with one attached hydrogen (secondary N) is 2. The van der Waals surface area contributed by atoms with Gasteiger partial charge in [-0.15, -0.1) is 0 Å². The van der Waals surface area contributed by atoms with Crippen molar-refractivity contribution in [2.45, 2.75) is 43.7 Å². The summed E-state index contributed by atoms with van der Waals surface area (Å²) in [7, 11) is 0. The highest BCUT2D eigenvalue weighted by Gasteiger charge is 2.45. The summed E-state index contributed by atoms with van der Waals surface area (Å²) in [4.78, 5) is 14.9. The molecule has 31 heavy (non-hydrogen) atoms. The van der Waals surface area contributed by atoms with E-state index in [0.717, 1.165) is 38.4 Å². The fraction of sp³-hybridized carbons (Fsp3) is 0.480. The lowest BCUT2D eigenvalue weighted by molar-refractivity contribution is -0.975. The van der Waals surface area contributed by atoms with Gasteiger partial charge >= 0.3 is 0 Å². The zero-order valence-electron chi connectivity index (χ0n) is 18.1. The number of hydrogen-bond donors (Lipinski definition) is 3. The van der Waals surface area contributed by atoms with E-state index in [-0.39, 0.29) is 23.3 Å². The quantitative estimate of drug-likeness (QED) is 0.630. The fourth-order valence-corrected chi connectivity index (χ4v) is 5.23. The van der Waals surface area contributed by atoms with Gasteiger partial charge in [0.2, 0.25) is 0 Å². The molecule has 2 fully saturated rings. The maximum Gasteiger partial charge on any atom is 0.287 e. The topological polar surface area (TPSA) is 59.4 Å². The molecule has 0 bridgehead atoms. The minimum absolute atomic E-state index is 0.0688. The molecule has 166 valence electrons. The molecule has 2 aromatic carbocycles. The molecule has 0 unspecified atom stereocenters. The van der Waals surface area contributed by atoms with E-state index in [1.165, 1.54) is 44.2 Å². The normalized spacial score (nSPS) is 20.2. The number of amides is 1. The summed E-state index contributed by atoms with van der Waals surface area (Å²) >= 11 is 0. The molecule has 1 aliphatic carbocycles. The molecule has 5 nitrogen and oxygen atoms in total. The lowest BCUT2D eigenvalue weighted by Crippen LogP contribution is -3.25. The molecule has 0 radical (unpaired) electrons. The van der Waals surface area contributed by atoms with Gasteiger partial charge in [0.1, 0.15) is 31.0 Å². The Hall–Kier alpha value is -2.28. The zero-order valence-corrected chi connectivity index (χ0v) is 18.1. The molecule has 1 aliphatic heterocycles. The number of rotatable bonds is 7. The maximum atomic E-state index is 13.3. The average Bonchev–Trinajstić information content (AvgIpc) is 2.82. The van der Waals surface area contributed by atoms with Crippen LogP contribution in [0.2, 0.25) is 0 Å². The molecule has 1 heterocycles. The summed E-state index contributed by atoms with van der Waals surface area (Å²) < 4.78 is 18.9. The van der Waals surface area contributed by atoms with Gasteiger partial charge in [-0.1, -0.05) is 36.8 Å². The van der Waals surface area contributed by atoms with Crippen LogP contribution < -0.4 is 15.5 Å². The van der Waals surface area contributed by atoms with Crippen LogP contribution in [0.1, 0.15) is 43.7 Å². The first-order valence-corrected chi connectivity index (χ1v) is 11.5. The summed E-state index contributed by atoms with van der Waals surface area (Å²) in [6, 6.07) is 15.6. The van der Waals surface area contributed by atoms with Gasteiger partial charge in [-0.3, -0.25) is 4.79 Å². The number of morpholine rings is 1. The molecule has 1 atom stereocenters. The number of benzene rings is 2. The van der Waals surface area contributed by atoms with Crippen molar-refractivity contribution in [3.05, 3.63) is 66.0 Å². The number of carbonyl (C=O) groups is 1. The van der Waals surface area contributed by atoms with Gasteiger partial charge in [0, 0.05) is 24.1 Å². The van der Waals surface area contributed by atoms with Crippen LogP contribution in [0.15, 0.2) is 54.6 Å². The summed E-state index contributed by atoms with van der Waals surface area (Å²) in [5.41, 5.74) is 1.81. The summed E-state index contributed by atoms with van der Waals surface area (Å²) in [5.74, 6) is -0.377. The van der Waals surface area contributed by atoms with E-state index >= 15 is 0 Å². The second-order valence-corrected chi connectivity index (χ2v) is 8.88. The first-order chi connectivity index (χ1) is 15.2. The van der Waals surface area contributed by atoms with Crippen molar-refractivity contribution in [1.82, 2.24) is 0 Å². The molecule has 1 saturated carbocycles. The van der Waals surface area contributed by atoms with E-state index in [1.807, 2.05) is 30.3 Å². The number of quaternary nitrogens is 2. The van der Waals surface area contributed by atoms with Gasteiger partial charge < -0.3 is 20.3 Å². The van der Waals surface area contributed by atoms with E-state index in [1.54, 1.807) is 17.0 Å². The predicted molar refractivity (Wildman–Crippen MR) is 118 cm³/mol. The number of halogens is 1. The standard InChI is InChI=1S/C25H32FN3O2/c26-21-9-11-22(12-10-21)28-24(30)23(20-7-3-1-4-8-20)27-19-25(13-5-2-6-14-25)29-15-17-31-18-16-29/h1,3-4,7-12,23,27H,2,5-6,13-19H2,(H,28,30)/p+2/t23-/m1/s1. The second-order valence-electron chi connectivity index (χ2n) is 8.88. The average molecular weight is 428 g/mol. The molecular formula is C25H34FN3O2+2. The van der Waals surface area contributed by atoms with E-state index in [0.29, 0.717) is 5.69 Å². The van der Waals surface area contributed by atoms with Crippen molar-refractivity contribution in [1.29, 1.82) is 0 Å². The molecular weight excluding hydrogens is 393 g/mol. The summed E-state index contributed by atoms with van der Waals surface area (Å²) in [6.45, 7) is 4.66. The van der Waals surface area contributed by atoms with E-state index in [4.69, 9.17) is 4.74 Å². The third kappa shape index (κ3) is 5.50. The minimum atomic E-state index is -0.342. The van der Waals surface area contributed by atoms with Gasteiger partial charge in [0.25, 0.3) is 5.91 Å². The van der Waals surface area contributed by atoms with Crippen LogP contribution in [0.25, 0.3) is 0 Å². The predicted octanol–water partition coefficient (Wildman–Crippen LogP) is 1.69. The van der Waals surface area contributed by atoms with Gasteiger partial charge in [0.15, 0.2) is 6.04 Å². The highest BCUT2D eigenvalue weighted by Crippen LogP contribution is 2.25. The van der Waals surface area contributed by atoms with Crippen molar-refractivity contribution in [2.24, 2.45) is 0 Å². The Balaban J connectivity index is 1.52. The van der Waals surface area contributed by atoms with Gasteiger partial charge in [0.05, 0.1) is 13.2 Å².